The molecule has 5 aromatic rings. The smallest absolute Gasteiger partial charge is 0.316 e. The van der Waals surface area contributed by atoms with Crippen LogP contribution in [0.5, 0.6) is 17.2 Å². The van der Waals surface area contributed by atoms with Gasteiger partial charge in [0.2, 0.25) is 0 Å². The highest BCUT2D eigenvalue weighted by Crippen LogP contribution is 2.23. The second-order valence-corrected chi connectivity index (χ2v) is 14.2. The minimum Gasteiger partial charge on any atom is -0.508 e. The Labute approximate surface area is 286 Å². The van der Waals surface area contributed by atoms with Gasteiger partial charge in [-0.25, -0.2) is 0 Å². The summed E-state index contributed by atoms with van der Waals surface area (Å²) in [6.45, 7) is 2.46. The first kappa shape index (κ1) is 36.3. The van der Waals surface area contributed by atoms with Gasteiger partial charge in [0.25, 0.3) is 0 Å². The topological polar surface area (TPSA) is 136 Å². The molecule has 10 heteroatoms. The largest absolute Gasteiger partial charge is 0.508 e. The first-order valence-corrected chi connectivity index (χ1v) is 18.4. The molecule has 0 radical (unpaired) electrons. The van der Waals surface area contributed by atoms with Crippen LogP contribution in [0.3, 0.4) is 0 Å². The fraction of sp³-hybridized carbons (Fsp3) is 0.237. The van der Waals surface area contributed by atoms with Crippen molar-refractivity contribution in [1.29, 1.82) is 0 Å². The number of carboxylic acid groups (broad SMARTS) is 1. The highest BCUT2D eigenvalue weighted by Gasteiger charge is 2.18. The van der Waals surface area contributed by atoms with Crippen molar-refractivity contribution in [2.45, 2.75) is 37.5 Å². The maximum atomic E-state index is 11.7. The van der Waals surface area contributed by atoms with Crippen LogP contribution in [0.15, 0.2) is 115 Å². The fourth-order valence-electron chi connectivity index (χ4n) is 4.96. The number of ether oxygens (including phenoxy) is 1. The molecule has 0 aromatic heterocycles. The van der Waals surface area contributed by atoms with Crippen molar-refractivity contribution < 1.29 is 32.3 Å². The minimum absolute atomic E-state index is 0.103. The maximum Gasteiger partial charge on any atom is 0.316 e. The predicted molar refractivity (Wildman–Crippen MR) is 194 cm³/mol. The molecule has 0 amide bonds. The molecule has 5 rings (SSSR count). The number of hydrogen-bond donors (Lipinski definition) is 3. The van der Waals surface area contributed by atoms with E-state index in [0.717, 1.165) is 29.4 Å². The Kier molecular flexibility index (Phi) is 13.3. The highest BCUT2D eigenvalue weighted by atomic mass is 32.2. The maximum absolute atomic E-state index is 11.7. The van der Waals surface area contributed by atoms with Crippen molar-refractivity contribution in [3.8, 4) is 17.2 Å². The van der Waals surface area contributed by atoms with Crippen LogP contribution in [0.4, 0.5) is 0 Å². The third kappa shape index (κ3) is 11.9. The lowest BCUT2D eigenvalue weighted by atomic mass is 10.0. The lowest BCUT2D eigenvalue weighted by Crippen LogP contribution is -2.20. The molecule has 8 nitrogen and oxygen atoms in total. The number of benzene rings is 5. The molecule has 252 valence electrons. The second-order valence-electron chi connectivity index (χ2n) is 11.3. The lowest BCUT2D eigenvalue weighted by molar-refractivity contribution is -0.136. The van der Waals surface area contributed by atoms with E-state index in [4.69, 9.17) is 14.7 Å². The number of carboxylic acids is 1. The average molecular weight is 688 g/mol. The number of phenolic OH excluding ortho intramolecular Hbond substituents is 1. The Morgan fingerprint density at radius 1 is 0.792 bits per heavy atom. The molecule has 0 bridgehead atoms. The van der Waals surface area contributed by atoms with E-state index in [1.807, 2.05) is 55.5 Å². The van der Waals surface area contributed by atoms with Crippen LogP contribution in [-0.2, 0) is 34.2 Å². The Balaban J connectivity index is 0.000000331. The first-order valence-electron chi connectivity index (χ1n) is 15.5. The molecule has 0 saturated heterocycles. The number of aromatic hydroxyl groups is 1. The molecule has 0 saturated carbocycles. The standard InChI is InChI=1S/C26H28O7S2.C12H13N/c1-35(30,31)33-24-12-10-23(11-13-24)32-16-14-19-2-4-21(5-3-19)18-25(26(28)29)34-17-15-20-6-8-22(27)9-7-20;1-9(13)11-8-4-6-10-5-2-3-7-12(10)11/h2-13,25,27H,14-18H2,1H3,(H,28,29);2-9H,13H2,1H3/t;9-/m.1/s1. The normalized spacial score (nSPS) is 12.4. The van der Waals surface area contributed by atoms with E-state index in [1.54, 1.807) is 24.3 Å². The van der Waals surface area contributed by atoms with Crippen molar-refractivity contribution >= 4 is 38.6 Å². The number of fused-ring (bicyclic) bond motifs is 1. The van der Waals surface area contributed by atoms with Gasteiger partial charge in [-0.2, -0.15) is 8.42 Å². The molecule has 0 aliphatic rings. The van der Waals surface area contributed by atoms with Crippen LogP contribution in [0.2, 0.25) is 0 Å². The molecule has 0 fully saturated rings. The van der Waals surface area contributed by atoms with Gasteiger partial charge < -0.3 is 24.9 Å². The summed E-state index contributed by atoms with van der Waals surface area (Å²) < 4.78 is 32.8. The summed E-state index contributed by atoms with van der Waals surface area (Å²) in [5.74, 6) is 0.907. The molecular formula is C38H41NO7S2. The Morgan fingerprint density at radius 3 is 2.02 bits per heavy atom. The zero-order valence-electron chi connectivity index (χ0n) is 27.0. The van der Waals surface area contributed by atoms with Gasteiger partial charge in [-0.05, 0) is 94.9 Å². The average Bonchev–Trinajstić information content (AvgIpc) is 3.06. The fourth-order valence-corrected chi connectivity index (χ4v) is 6.51. The van der Waals surface area contributed by atoms with Crippen LogP contribution in [0.1, 0.15) is 35.2 Å². The van der Waals surface area contributed by atoms with Gasteiger partial charge in [-0.3, -0.25) is 4.79 Å². The number of thioether (sulfide) groups is 1. The van der Waals surface area contributed by atoms with Crippen LogP contribution in [0.25, 0.3) is 10.8 Å². The summed E-state index contributed by atoms with van der Waals surface area (Å²) in [6, 6.07) is 35.9. The number of nitrogens with two attached hydrogens (primary N) is 1. The molecule has 0 spiro atoms. The van der Waals surface area contributed by atoms with E-state index in [9.17, 15) is 23.4 Å². The van der Waals surface area contributed by atoms with Crippen molar-refractivity contribution in [1.82, 2.24) is 0 Å². The van der Waals surface area contributed by atoms with Crippen molar-refractivity contribution in [2.75, 3.05) is 18.6 Å². The van der Waals surface area contributed by atoms with Gasteiger partial charge >= 0.3 is 16.1 Å². The van der Waals surface area contributed by atoms with Gasteiger partial charge in [-0.1, -0.05) is 78.9 Å². The van der Waals surface area contributed by atoms with Gasteiger partial charge in [0.05, 0.1) is 12.9 Å². The molecule has 2 atom stereocenters. The molecule has 0 aliphatic heterocycles. The third-order valence-corrected chi connectivity index (χ3v) is 9.12. The summed E-state index contributed by atoms with van der Waals surface area (Å²) >= 11 is 1.42. The van der Waals surface area contributed by atoms with E-state index in [0.29, 0.717) is 31.0 Å². The molecule has 4 N–H and O–H groups in total. The van der Waals surface area contributed by atoms with E-state index < -0.39 is 21.3 Å². The number of rotatable bonds is 14. The second kappa shape index (κ2) is 17.6. The SMILES string of the molecule is CS(=O)(=O)Oc1ccc(OCCc2ccc(CC(SCCc3ccc(O)cc3)C(=O)O)cc2)cc1.C[C@@H](N)c1cccc2ccccc12. The summed E-state index contributed by atoms with van der Waals surface area (Å²) in [5, 5.41) is 21.0. The molecule has 48 heavy (non-hydrogen) atoms. The minimum atomic E-state index is -3.56. The van der Waals surface area contributed by atoms with Crippen LogP contribution >= 0.6 is 11.8 Å². The number of aliphatic carboxylic acids is 1. The van der Waals surface area contributed by atoms with Gasteiger partial charge in [0, 0.05) is 12.5 Å². The number of aryl methyl sites for hydroxylation is 1. The molecule has 1 unspecified atom stereocenters. The van der Waals surface area contributed by atoms with E-state index in [-0.39, 0.29) is 17.5 Å². The Bertz CT molecular complexity index is 1850. The molecule has 5 aromatic carbocycles. The molecule has 0 heterocycles. The molecule has 0 aliphatic carbocycles. The number of carbonyl (C=O) groups is 1. The van der Waals surface area contributed by atoms with Crippen LogP contribution < -0.4 is 14.7 Å². The zero-order valence-corrected chi connectivity index (χ0v) is 28.6. The summed E-state index contributed by atoms with van der Waals surface area (Å²) in [5.41, 5.74) is 10.2. The van der Waals surface area contributed by atoms with E-state index in [1.165, 1.54) is 40.2 Å². The summed E-state index contributed by atoms with van der Waals surface area (Å²) in [4.78, 5) is 11.7. The summed E-state index contributed by atoms with van der Waals surface area (Å²) in [6.07, 6.45) is 2.84. The van der Waals surface area contributed by atoms with Crippen molar-refractivity contribution in [3.63, 3.8) is 0 Å². The van der Waals surface area contributed by atoms with E-state index in [2.05, 4.69) is 30.3 Å². The predicted octanol–water partition coefficient (Wildman–Crippen LogP) is 7.18. The summed E-state index contributed by atoms with van der Waals surface area (Å²) in [7, 11) is -3.56. The number of hydrogen-bond acceptors (Lipinski definition) is 8. The first-order chi connectivity index (χ1) is 23.0. The van der Waals surface area contributed by atoms with Crippen molar-refractivity contribution in [2.24, 2.45) is 5.73 Å². The van der Waals surface area contributed by atoms with Gasteiger partial charge in [0.15, 0.2) is 0 Å². The van der Waals surface area contributed by atoms with Crippen LogP contribution in [0, 0.1) is 0 Å². The van der Waals surface area contributed by atoms with Crippen molar-refractivity contribution in [3.05, 3.63) is 138 Å². The van der Waals surface area contributed by atoms with Gasteiger partial charge in [0.1, 0.15) is 22.5 Å². The monoisotopic (exact) mass is 687 g/mol. The lowest BCUT2D eigenvalue weighted by Gasteiger charge is -2.13. The number of phenols is 1. The third-order valence-electron chi connectivity index (χ3n) is 7.41. The Hall–Kier alpha value is -4.51. The van der Waals surface area contributed by atoms with E-state index >= 15 is 0 Å². The zero-order chi connectivity index (χ0) is 34.5. The highest BCUT2D eigenvalue weighted by molar-refractivity contribution is 8.00. The molecular weight excluding hydrogens is 647 g/mol. The Morgan fingerprint density at radius 2 is 1.38 bits per heavy atom. The quantitative estimate of drug-likeness (QED) is 0.104. The van der Waals surface area contributed by atoms with Crippen LogP contribution in [-0.4, -0.2) is 48.5 Å². The van der Waals surface area contributed by atoms with Gasteiger partial charge in [-0.15, -0.1) is 11.8 Å².